The highest BCUT2D eigenvalue weighted by atomic mass is 35.5. The third-order valence-electron chi connectivity index (χ3n) is 2.79. The molecule has 0 aliphatic rings. The first-order valence-corrected chi connectivity index (χ1v) is 6.37. The molecule has 0 aliphatic heterocycles. The van der Waals surface area contributed by atoms with E-state index in [2.05, 4.69) is 5.32 Å². The number of carbonyl (C=O) groups excluding carboxylic acids is 1. The number of nitrogens with one attached hydrogen (secondary N) is 1. The third-order valence-corrected chi connectivity index (χ3v) is 3.03. The van der Waals surface area contributed by atoms with E-state index in [1.54, 1.807) is 24.3 Å². The molecule has 1 amide bonds. The minimum atomic E-state index is -1.17. The summed E-state index contributed by atoms with van der Waals surface area (Å²) in [5.74, 6) is -1.06. The number of anilines is 1. The van der Waals surface area contributed by atoms with Crippen LogP contribution in [-0.4, -0.2) is 24.1 Å². The maximum Gasteiger partial charge on any atom is 0.337 e. The van der Waals surface area contributed by atoms with Gasteiger partial charge in [0.2, 0.25) is 0 Å². The van der Waals surface area contributed by atoms with Crippen LogP contribution in [-0.2, 0) is 0 Å². The molecule has 108 valence electrons. The van der Waals surface area contributed by atoms with Crippen molar-refractivity contribution in [3.63, 3.8) is 0 Å². The van der Waals surface area contributed by atoms with E-state index in [1.165, 1.54) is 25.3 Å². The van der Waals surface area contributed by atoms with Gasteiger partial charge >= 0.3 is 5.97 Å². The number of carboxylic acids is 1. The first-order valence-electron chi connectivity index (χ1n) is 5.99. The monoisotopic (exact) mass is 305 g/mol. The van der Waals surface area contributed by atoms with Gasteiger partial charge in [-0.3, -0.25) is 4.79 Å². The summed E-state index contributed by atoms with van der Waals surface area (Å²) in [7, 11) is 1.50. The van der Waals surface area contributed by atoms with E-state index in [-0.39, 0.29) is 16.3 Å². The Hall–Kier alpha value is -2.53. The summed E-state index contributed by atoms with van der Waals surface area (Å²) in [6.45, 7) is 0. The number of carbonyl (C=O) groups is 2. The molecule has 2 rings (SSSR count). The summed E-state index contributed by atoms with van der Waals surface area (Å²) < 4.78 is 5.04. The third kappa shape index (κ3) is 3.52. The summed E-state index contributed by atoms with van der Waals surface area (Å²) in [5.41, 5.74) is 0.471. The van der Waals surface area contributed by atoms with Gasteiger partial charge in [0.1, 0.15) is 5.75 Å². The highest BCUT2D eigenvalue weighted by molar-refractivity contribution is 6.31. The summed E-state index contributed by atoms with van der Waals surface area (Å²) in [5, 5.41) is 12.0. The van der Waals surface area contributed by atoms with Crippen LogP contribution in [0, 0.1) is 0 Å². The number of benzene rings is 2. The Balaban J connectivity index is 2.29. The van der Waals surface area contributed by atoms with Crippen molar-refractivity contribution in [2.75, 3.05) is 12.4 Å². The zero-order valence-electron chi connectivity index (χ0n) is 11.1. The van der Waals surface area contributed by atoms with E-state index in [1.807, 2.05) is 0 Å². The normalized spacial score (nSPS) is 10.0. The number of rotatable bonds is 4. The van der Waals surface area contributed by atoms with Gasteiger partial charge in [-0.05, 0) is 36.4 Å². The molecule has 0 unspecified atom stereocenters. The van der Waals surface area contributed by atoms with Gasteiger partial charge in [-0.25, -0.2) is 4.79 Å². The lowest BCUT2D eigenvalue weighted by Crippen LogP contribution is -2.14. The van der Waals surface area contributed by atoms with Crippen molar-refractivity contribution in [3.05, 3.63) is 58.6 Å². The Morgan fingerprint density at radius 1 is 1.19 bits per heavy atom. The number of halogens is 1. The topological polar surface area (TPSA) is 75.6 Å². The first kappa shape index (κ1) is 14.9. The molecule has 0 saturated carbocycles. The Morgan fingerprint density at radius 2 is 1.95 bits per heavy atom. The van der Waals surface area contributed by atoms with Crippen LogP contribution < -0.4 is 10.1 Å². The predicted molar refractivity (Wildman–Crippen MR) is 79.4 cm³/mol. The van der Waals surface area contributed by atoms with Crippen LogP contribution in [0.4, 0.5) is 5.69 Å². The van der Waals surface area contributed by atoms with Crippen LogP contribution in [0.2, 0.25) is 5.02 Å². The van der Waals surface area contributed by atoms with Crippen molar-refractivity contribution >= 4 is 29.2 Å². The molecule has 0 aliphatic carbocycles. The van der Waals surface area contributed by atoms with E-state index in [0.717, 1.165) is 0 Å². The minimum absolute atomic E-state index is 0.0706. The van der Waals surface area contributed by atoms with E-state index in [9.17, 15) is 9.59 Å². The Morgan fingerprint density at radius 3 is 2.62 bits per heavy atom. The van der Waals surface area contributed by atoms with Crippen molar-refractivity contribution < 1.29 is 19.4 Å². The molecular weight excluding hydrogens is 294 g/mol. The molecule has 2 N–H and O–H groups in total. The fourth-order valence-electron chi connectivity index (χ4n) is 1.76. The van der Waals surface area contributed by atoms with Crippen molar-refractivity contribution in [2.24, 2.45) is 0 Å². The lowest BCUT2D eigenvalue weighted by atomic mass is 10.1. The molecule has 2 aromatic carbocycles. The van der Waals surface area contributed by atoms with Gasteiger partial charge in [0.25, 0.3) is 5.91 Å². The minimum Gasteiger partial charge on any atom is -0.497 e. The zero-order valence-corrected chi connectivity index (χ0v) is 11.8. The standard InChI is InChI=1S/C15H12ClNO4/c1-21-11-4-2-3-9(7-11)14(18)17-13-6-5-10(16)8-12(13)15(19)20/h2-8H,1H3,(H,17,18)(H,19,20). The SMILES string of the molecule is COc1cccc(C(=O)Nc2ccc(Cl)cc2C(=O)O)c1. The van der Waals surface area contributed by atoms with E-state index < -0.39 is 11.9 Å². The molecule has 0 saturated heterocycles. The molecular formula is C15H12ClNO4. The fourth-order valence-corrected chi connectivity index (χ4v) is 1.93. The van der Waals surface area contributed by atoms with Gasteiger partial charge in [-0.2, -0.15) is 0 Å². The quantitative estimate of drug-likeness (QED) is 0.908. The second-order valence-corrected chi connectivity index (χ2v) is 4.62. The maximum absolute atomic E-state index is 12.1. The molecule has 5 nitrogen and oxygen atoms in total. The Labute approximate surface area is 126 Å². The molecule has 0 aromatic heterocycles. The van der Waals surface area contributed by atoms with Gasteiger partial charge in [-0.1, -0.05) is 17.7 Å². The summed E-state index contributed by atoms with van der Waals surface area (Å²) in [4.78, 5) is 23.3. The first-order chi connectivity index (χ1) is 10.0. The maximum atomic E-state index is 12.1. The van der Waals surface area contributed by atoms with Crippen molar-refractivity contribution in [2.45, 2.75) is 0 Å². The smallest absolute Gasteiger partial charge is 0.337 e. The number of hydrogen-bond donors (Lipinski definition) is 2. The molecule has 0 fully saturated rings. The second kappa shape index (κ2) is 6.28. The average Bonchev–Trinajstić information content (AvgIpc) is 2.48. The van der Waals surface area contributed by atoms with E-state index >= 15 is 0 Å². The summed E-state index contributed by atoms with van der Waals surface area (Å²) >= 11 is 5.76. The van der Waals surface area contributed by atoms with Gasteiger partial charge < -0.3 is 15.2 Å². The fraction of sp³-hybridized carbons (Fsp3) is 0.0667. The summed E-state index contributed by atoms with van der Waals surface area (Å²) in [6.07, 6.45) is 0. The van der Waals surface area contributed by atoms with Gasteiger partial charge in [0.15, 0.2) is 0 Å². The van der Waals surface area contributed by atoms with Crippen molar-refractivity contribution in [3.8, 4) is 5.75 Å². The number of carboxylic acid groups (broad SMARTS) is 1. The number of hydrogen-bond acceptors (Lipinski definition) is 3. The van der Waals surface area contributed by atoms with Crippen molar-refractivity contribution in [1.29, 1.82) is 0 Å². The molecule has 21 heavy (non-hydrogen) atoms. The number of ether oxygens (including phenoxy) is 1. The Bertz CT molecular complexity index is 700. The van der Waals surface area contributed by atoms with Crippen LogP contribution >= 0.6 is 11.6 Å². The molecule has 0 atom stereocenters. The molecule has 0 heterocycles. The van der Waals surface area contributed by atoms with Gasteiger partial charge in [0, 0.05) is 10.6 Å². The number of methoxy groups -OCH3 is 1. The molecule has 0 spiro atoms. The molecule has 0 radical (unpaired) electrons. The zero-order chi connectivity index (χ0) is 15.4. The number of aromatic carboxylic acids is 1. The van der Waals surface area contributed by atoms with Gasteiger partial charge in [-0.15, -0.1) is 0 Å². The molecule has 6 heteroatoms. The van der Waals surface area contributed by atoms with E-state index in [0.29, 0.717) is 11.3 Å². The average molecular weight is 306 g/mol. The second-order valence-electron chi connectivity index (χ2n) is 4.18. The van der Waals surface area contributed by atoms with Crippen molar-refractivity contribution in [1.82, 2.24) is 0 Å². The molecule has 0 bridgehead atoms. The molecule has 2 aromatic rings. The largest absolute Gasteiger partial charge is 0.497 e. The Kier molecular flexibility index (Phi) is 4.45. The van der Waals surface area contributed by atoms with Crippen LogP contribution in [0.25, 0.3) is 0 Å². The number of amides is 1. The van der Waals surface area contributed by atoms with E-state index in [4.69, 9.17) is 21.4 Å². The predicted octanol–water partition coefficient (Wildman–Crippen LogP) is 3.30. The van der Waals surface area contributed by atoms with Crippen LogP contribution in [0.15, 0.2) is 42.5 Å². The van der Waals surface area contributed by atoms with Crippen LogP contribution in [0.5, 0.6) is 5.75 Å². The lowest BCUT2D eigenvalue weighted by Gasteiger charge is -2.09. The van der Waals surface area contributed by atoms with Gasteiger partial charge in [0.05, 0.1) is 18.4 Å². The van der Waals surface area contributed by atoms with Crippen LogP contribution in [0.3, 0.4) is 0 Å². The highest BCUT2D eigenvalue weighted by Crippen LogP contribution is 2.22. The lowest BCUT2D eigenvalue weighted by molar-refractivity contribution is 0.0698. The van der Waals surface area contributed by atoms with Crippen LogP contribution in [0.1, 0.15) is 20.7 Å². The highest BCUT2D eigenvalue weighted by Gasteiger charge is 2.14. The summed E-state index contributed by atoms with van der Waals surface area (Å²) in [6, 6.07) is 10.8.